The first-order valence-electron chi connectivity index (χ1n) is 7.77. The van der Waals surface area contributed by atoms with E-state index < -0.39 is 6.10 Å². The lowest BCUT2D eigenvalue weighted by atomic mass is 10.1. The second-order valence-electron chi connectivity index (χ2n) is 5.81. The second kappa shape index (κ2) is 7.43. The van der Waals surface area contributed by atoms with Crippen molar-refractivity contribution in [2.24, 2.45) is 0 Å². The Morgan fingerprint density at radius 3 is 2.57 bits per heavy atom. The van der Waals surface area contributed by atoms with Crippen LogP contribution in [-0.2, 0) is 4.79 Å². The van der Waals surface area contributed by atoms with Gasteiger partial charge in [-0.2, -0.15) is 0 Å². The van der Waals surface area contributed by atoms with Crippen molar-refractivity contribution in [1.29, 1.82) is 0 Å². The minimum atomic E-state index is -0.597. The van der Waals surface area contributed by atoms with Crippen molar-refractivity contribution in [3.05, 3.63) is 30.1 Å². The first kappa shape index (κ1) is 15.8. The standard InChI is InChI=1S/C17H24FNO2/c1-13(21-16-11-7-8-14(18)12-16)17(20)19(2)15-9-5-3-4-6-10-15/h7-8,11-13,15H,3-6,9-10H2,1-2H3. The Balaban J connectivity index is 1.94. The van der Waals surface area contributed by atoms with Gasteiger partial charge in [-0.3, -0.25) is 4.79 Å². The van der Waals surface area contributed by atoms with Crippen LogP contribution in [0.5, 0.6) is 5.75 Å². The van der Waals surface area contributed by atoms with Gasteiger partial charge in [0, 0.05) is 19.2 Å². The molecule has 1 aromatic rings. The minimum absolute atomic E-state index is 0.0360. The maximum atomic E-state index is 13.1. The zero-order valence-corrected chi connectivity index (χ0v) is 12.8. The maximum Gasteiger partial charge on any atom is 0.263 e. The summed E-state index contributed by atoms with van der Waals surface area (Å²) in [4.78, 5) is 14.3. The summed E-state index contributed by atoms with van der Waals surface area (Å²) in [6.07, 6.45) is 6.41. The number of nitrogens with zero attached hydrogens (tertiary/aromatic N) is 1. The molecule has 116 valence electrons. The van der Waals surface area contributed by atoms with Gasteiger partial charge in [0.1, 0.15) is 11.6 Å². The monoisotopic (exact) mass is 293 g/mol. The van der Waals surface area contributed by atoms with Gasteiger partial charge in [-0.15, -0.1) is 0 Å². The van der Waals surface area contributed by atoms with Gasteiger partial charge in [0.25, 0.3) is 5.91 Å². The van der Waals surface area contributed by atoms with Crippen molar-refractivity contribution in [1.82, 2.24) is 4.90 Å². The Labute approximate surface area is 126 Å². The molecule has 0 N–H and O–H groups in total. The van der Waals surface area contributed by atoms with Crippen LogP contribution in [0.1, 0.15) is 45.4 Å². The molecule has 3 nitrogen and oxygen atoms in total. The summed E-state index contributed by atoms with van der Waals surface area (Å²) in [5.41, 5.74) is 0. The number of carbonyl (C=O) groups excluding carboxylic acids is 1. The van der Waals surface area contributed by atoms with Crippen LogP contribution in [0.3, 0.4) is 0 Å². The van der Waals surface area contributed by atoms with Crippen molar-refractivity contribution in [3.8, 4) is 5.75 Å². The second-order valence-corrected chi connectivity index (χ2v) is 5.81. The molecule has 1 unspecified atom stereocenters. The van der Waals surface area contributed by atoms with Crippen molar-refractivity contribution < 1.29 is 13.9 Å². The van der Waals surface area contributed by atoms with Crippen molar-refractivity contribution in [2.75, 3.05) is 7.05 Å². The van der Waals surface area contributed by atoms with Crippen LogP contribution in [0.25, 0.3) is 0 Å². The van der Waals surface area contributed by atoms with Gasteiger partial charge in [0.2, 0.25) is 0 Å². The number of benzene rings is 1. The van der Waals surface area contributed by atoms with E-state index in [-0.39, 0.29) is 11.7 Å². The number of rotatable bonds is 4. The van der Waals surface area contributed by atoms with Crippen LogP contribution in [0.15, 0.2) is 24.3 Å². The third-order valence-electron chi connectivity index (χ3n) is 4.18. The molecule has 0 heterocycles. The number of ether oxygens (including phenoxy) is 1. The number of hydrogen-bond acceptors (Lipinski definition) is 2. The van der Waals surface area contributed by atoms with Crippen LogP contribution in [0, 0.1) is 5.82 Å². The average Bonchev–Trinajstić information content (AvgIpc) is 2.74. The minimum Gasteiger partial charge on any atom is -0.481 e. The van der Waals surface area contributed by atoms with E-state index >= 15 is 0 Å². The molecule has 0 aliphatic heterocycles. The molecule has 21 heavy (non-hydrogen) atoms. The zero-order valence-electron chi connectivity index (χ0n) is 12.8. The quantitative estimate of drug-likeness (QED) is 0.791. The highest BCUT2D eigenvalue weighted by Gasteiger charge is 2.26. The van der Waals surface area contributed by atoms with E-state index in [1.807, 2.05) is 11.9 Å². The summed E-state index contributed by atoms with van der Waals surface area (Å²) >= 11 is 0. The van der Waals surface area contributed by atoms with E-state index in [0.29, 0.717) is 11.8 Å². The molecule has 1 atom stereocenters. The molecule has 1 aliphatic rings. The number of hydrogen-bond donors (Lipinski definition) is 0. The Hall–Kier alpha value is -1.58. The molecule has 0 radical (unpaired) electrons. The Morgan fingerprint density at radius 2 is 1.95 bits per heavy atom. The summed E-state index contributed by atoms with van der Waals surface area (Å²) in [6, 6.07) is 6.21. The first-order chi connectivity index (χ1) is 10.1. The fraction of sp³-hybridized carbons (Fsp3) is 0.588. The fourth-order valence-corrected chi connectivity index (χ4v) is 2.91. The largest absolute Gasteiger partial charge is 0.481 e. The number of amides is 1. The molecule has 2 rings (SSSR count). The zero-order chi connectivity index (χ0) is 15.2. The van der Waals surface area contributed by atoms with Crippen LogP contribution in [0.4, 0.5) is 4.39 Å². The molecule has 1 saturated carbocycles. The first-order valence-corrected chi connectivity index (χ1v) is 7.77. The van der Waals surface area contributed by atoms with Crippen molar-refractivity contribution in [3.63, 3.8) is 0 Å². The number of halogens is 1. The van der Waals surface area contributed by atoms with E-state index in [4.69, 9.17) is 4.74 Å². The average molecular weight is 293 g/mol. The van der Waals surface area contributed by atoms with E-state index in [2.05, 4.69) is 0 Å². The number of carbonyl (C=O) groups is 1. The summed E-state index contributed by atoms with van der Waals surface area (Å²) < 4.78 is 18.7. The predicted molar refractivity (Wildman–Crippen MR) is 80.8 cm³/mol. The Kier molecular flexibility index (Phi) is 5.59. The van der Waals surface area contributed by atoms with Gasteiger partial charge in [-0.1, -0.05) is 31.7 Å². The summed E-state index contributed by atoms with van der Waals surface area (Å²) in [6.45, 7) is 1.72. The molecule has 0 aromatic heterocycles. The molecule has 4 heteroatoms. The number of likely N-dealkylation sites (N-methyl/N-ethyl adjacent to an activating group) is 1. The molecule has 0 spiro atoms. The van der Waals surface area contributed by atoms with Crippen LogP contribution >= 0.6 is 0 Å². The summed E-state index contributed by atoms with van der Waals surface area (Å²) in [5.74, 6) is 0.000509. The molecule has 1 fully saturated rings. The third-order valence-corrected chi connectivity index (χ3v) is 4.18. The van der Waals surface area contributed by atoms with E-state index in [1.165, 1.54) is 37.8 Å². The summed E-state index contributed by atoms with van der Waals surface area (Å²) in [5, 5.41) is 0. The Bertz CT molecular complexity index is 470. The molecule has 1 aliphatic carbocycles. The normalized spacial score (nSPS) is 17.9. The summed E-state index contributed by atoms with van der Waals surface area (Å²) in [7, 11) is 1.85. The lowest BCUT2D eigenvalue weighted by molar-refractivity contribution is -0.139. The van der Waals surface area contributed by atoms with Gasteiger partial charge in [-0.05, 0) is 31.9 Å². The Morgan fingerprint density at radius 1 is 1.29 bits per heavy atom. The van der Waals surface area contributed by atoms with Gasteiger partial charge in [0.05, 0.1) is 0 Å². The smallest absolute Gasteiger partial charge is 0.263 e. The van der Waals surface area contributed by atoms with Gasteiger partial charge >= 0.3 is 0 Å². The van der Waals surface area contributed by atoms with E-state index in [9.17, 15) is 9.18 Å². The van der Waals surface area contributed by atoms with Crippen molar-refractivity contribution in [2.45, 2.75) is 57.6 Å². The molecular formula is C17H24FNO2. The lowest BCUT2D eigenvalue weighted by Gasteiger charge is -2.29. The van der Waals surface area contributed by atoms with Gasteiger partial charge in [-0.25, -0.2) is 4.39 Å². The molecule has 1 aromatic carbocycles. The highest BCUT2D eigenvalue weighted by Crippen LogP contribution is 2.22. The lowest BCUT2D eigenvalue weighted by Crippen LogP contribution is -2.43. The van der Waals surface area contributed by atoms with Gasteiger partial charge < -0.3 is 9.64 Å². The van der Waals surface area contributed by atoms with Crippen LogP contribution in [0.2, 0.25) is 0 Å². The van der Waals surface area contributed by atoms with E-state index in [0.717, 1.165) is 12.8 Å². The topological polar surface area (TPSA) is 29.5 Å². The van der Waals surface area contributed by atoms with Crippen LogP contribution in [-0.4, -0.2) is 30.0 Å². The van der Waals surface area contributed by atoms with Gasteiger partial charge in [0.15, 0.2) is 6.10 Å². The molecular weight excluding hydrogens is 269 g/mol. The predicted octanol–water partition coefficient (Wildman–Crippen LogP) is 3.77. The maximum absolute atomic E-state index is 13.1. The highest BCUT2D eigenvalue weighted by molar-refractivity contribution is 5.81. The third kappa shape index (κ3) is 4.45. The fourth-order valence-electron chi connectivity index (χ4n) is 2.91. The SMILES string of the molecule is CC(Oc1cccc(F)c1)C(=O)N(C)C1CCCCCC1. The molecule has 1 amide bonds. The van der Waals surface area contributed by atoms with Crippen LogP contribution < -0.4 is 4.74 Å². The highest BCUT2D eigenvalue weighted by atomic mass is 19.1. The van der Waals surface area contributed by atoms with Crippen molar-refractivity contribution >= 4 is 5.91 Å². The molecule has 0 saturated heterocycles. The molecule has 0 bridgehead atoms. The van der Waals surface area contributed by atoms with E-state index in [1.54, 1.807) is 19.1 Å².